The molecule has 4 aromatic carbocycles. The van der Waals surface area contributed by atoms with Crippen LogP contribution in [0.25, 0.3) is 0 Å². The predicted molar refractivity (Wildman–Crippen MR) is 177 cm³/mol. The normalized spacial score (nSPS) is 7.95. The Morgan fingerprint density at radius 1 is 0.439 bits per heavy atom. The van der Waals surface area contributed by atoms with E-state index in [0.29, 0.717) is 23.0 Å². The van der Waals surface area contributed by atoms with Gasteiger partial charge in [0.05, 0.1) is 0 Å². The average Bonchev–Trinajstić information content (AvgIpc) is 2.96. The van der Waals surface area contributed by atoms with Crippen molar-refractivity contribution in [3.05, 3.63) is 119 Å². The van der Waals surface area contributed by atoms with Gasteiger partial charge in [-0.05, 0) is 87.4 Å². The van der Waals surface area contributed by atoms with Crippen molar-refractivity contribution in [3.63, 3.8) is 0 Å². The van der Waals surface area contributed by atoms with E-state index in [9.17, 15) is 0 Å². The van der Waals surface area contributed by atoms with Crippen LogP contribution in [0.5, 0.6) is 23.0 Å². The van der Waals surface area contributed by atoms with Gasteiger partial charge in [-0.1, -0.05) is 108 Å². The minimum atomic E-state index is 0.329. The maximum Gasteiger partial charge on any atom is 0.115 e. The summed E-state index contributed by atoms with van der Waals surface area (Å²) >= 11 is 0. The standard InChI is InChI=1S/4C7H8O.C3H8.2C2H6.CH2O/c2*1-6-2-4-7(8)5-3-6;2*1-6-3-2-4-7(8)5-6;1-3-2;3*1-2/h4*2-5,8H,1H3;3H2,1-2H3;2*1-2H3;1H2. The minimum absolute atomic E-state index is 0.329. The van der Waals surface area contributed by atoms with Crippen molar-refractivity contribution in [2.24, 2.45) is 0 Å². The second-order valence-corrected chi connectivity index (χ2v) is 8.06. The Hall–Kier alpha value is -4.25. The molecule has 0 aliphatic rings. The van der Waals surface area contributed by atoms with Crippen molar-refractivity contribution in [2.45, 2.75) is 75.7 Å². The van der Waals surface area contributed by atoms with Gasteiger partial charge in [-0.3, -0.25) is 0 Å². The molecule has 41 heavy (non-hydrogen) atoms. The molecule has 0 amide bonds. The van der Waals surface area contributed by atoms with Gasteiger partial charge in [-0.15, -0.1) is 0 Å². The predicted octanol–water partition coefficient (Wildman–Crippen LogP) is 10.1. The Morgan fingerprint density at radius 2 is 0.683 bits per heavy atom. The SMILES string of the molecule is C=O.CC.CC.CCC.Cc1ccc(O)cc1.Cc1ccc(O)cc1.Cc1cccc(O)c1.Cc1cccc(O)c1. The van der Waals surface area contributed by atoms with Crippen LogP contribution in [-0.2, 0) is 4.79 Å². The molecule has 0 atom stereocenters. The Kier molecular flexibility index (Phi) is 34.1. The number of phenols is 4. The third-order valence-electron chi connectivity index (χ3n) is 4.07. The second kappa shape index (κ2) is 32.0. The fourth-order valence-corrected chi connectivity index (χ4v) is 2.35. The van der Waals surface area contributed by atoms with Crippen LogP contribution < -0.4 is 0 Å². The van der Waals surface area contributed by atoms with E-state index in [1.165, 1.54) is 17.5 Å². The number of hydrogen-bond acceptors (Lipinski definition) is 5. The molecule has 0 heterocycles. The maximum atomic E-state index is 8.81. The Bertz CT molecular complexity index is 912. The third kappa shape index (κ3) is 31.9. The summed E-state index contributed by atoms with van der Waals surface area (Å²) in [5.74, 6) is 1.33. The van der Waals surface area contributed by atoms with Crippen molar-refractivity contribution >= 4 is 6.79 Å². The largest absolute Gasteiger partial charge is 0.508 e. The number of hydrogen-bond donors (Lipinski definition) is 4. The molecule has 0 fully saturated rings. The number of aromatic hydroxyl groups is 4. The van der Waals surface area contributed by atoms with Crippen molar-refractivity contribution in [2.75, 3.05) is 0 Å². The third-order valence-corrected chi connectivity index (χ3v) is 4.07. The molecule has 5 heteroatoms. The summed E-state index contributed by atoms with van der Waals surface area (Å²) in [6, 6.07) is 28.5. The number of rotatable bonds is 0. The van der Waals surface area contributed by atoms with E-state index in [-0.39, 0.29) is 0 Å². The quantitative estimate of drug-likeness (QED) is 0.170. The number of aryl methyl sites for hydroxylation is 4. The summed E-state index contributed by atoms with van der Waals surface area (Å²) in [7, 11) is 0. The molecular weight excluding hydrogens is 512 g/mol. The zero-order chi connectivity index (χ0) is 32.6. The zero-order valence-corrected chi connectivity index (χ0v) is 26.8. The lowest BCUT2D eigenvalue weighted by molar-refractivity contribution is -0.0980. The highest BCUT2D eigenvalue weighted by atomic mass is 16.3. The summed E-state index contributed by atoms with van der Waals surface area (Å²) < 4.78 is 0. The first-order valence-electron chi connectivity index (χ1n) is 13.9. The first-order valence-corrected chi connectivity index (χ1v) is 13.9. The summed E-state index contributed by atoms with van der Waals surface area (Å²) in [5, 5.41) is 35.1. The fraction of sp³-hybridized carbons (Fsp3) is 0.306. The van der Waals surface area contributed by atoms with Crippen LogP contribution in [0.3, 0.4) is 0 Å². The molecule has 0 unspecified atom stereocenters. The number of carbonyl (C=O) groups excluding carboxylic acids is 1. The van der Waals surface area contributed by atoms with Crippen LogP contribution in [0, 0.1) is 27.7 Å². The molecule has 0 saturated carbocycles. The van der Waals surface area contributed by atoms with Gasteiger partial charge >= 0.3 is 0 Å². The smallest absolute Gasteiger partial charge is 0.115 e. The summed E-state index contributed by atoms with van der Waals surface area (Å²) in [6.07, 6.45) is 1.25. The molecule has 4 aromatic rings. The molecule has 4 rings (SSSR count). The highest BCUT2D eigenvalue weighted by Gasteiger charge is 1.84. The van der Waals surface area contributed by atoms with E-state index in [2.05, 4.69) is 13.8 Å². The van der Waals surface area contributed by atoms with E-state index in [1.807, 2.05) is 111 Å². The molecule has 5 nitrogen and oxygen atoms in total. The van der Waals surface area contributed by atoms with Crippen LogP contribution in [0.15, 0.2) is 97.1 Å². The molecule has 0 bridgehead atoms. The van der Waals surface area contributed by atoms with Crippen molar-refractivity contribution in [3.8, 4) is 23.0 Å². The lowest BCUT2D eigenvalue weighted by Crippen LogP contribution is -1.66. The molecule has 0 spiro atoms. The molecule has 0 aromatic heterocycles. The molecule has 0 saturated heterocycles. The zero-order valence-electron chi connectivity index (χ0n) is 26.8. The fourth-order valence-electron chi connectivity index (χ4n) is 2.35. The second-order valence-electron chi connectivity index (χ2n) is 8.06. The van der Waals surface area contributed by atoms with Gasteiger partial charge in [0, 0.05) is 0 Å². The van der Waals surface area contributed by atoms with Gasteiger partial charge in [0.1, 0.15) is 29.8 Å². The Morgan fingerprint density at radius 3 is 0.829 bits per heavy atom. The van der Waals surface area contributed by atoms with Gasteiger partial charge in [0.2, 0.25) is 0 Å². The van der Waals surface area contributed by atoms with Crippen LogP contribution in [0.2, 0.25) is 0 Å². The summed E-state index contributed by atoms with van der Waals surface area (Å²) in [4.78, 5) is 8.00. The lowest BCUT2D eigenvalue weighted by atomic mass is 10.2. The highest BCUT2D eigenvalue weighted by molar-refractivity contribution is 5.27. The minimum Gasteiger partial charge on any atom is -0.508 e. The van der Waals surface area contributed by atoms with Crippen LogP contribution >= 0.6 is 0 Å². The van der Waals surface area contributed by atoms with Gasteiger partial charge in [-0.2, -0.15) is 0 Å². The molecular formula is C36H54O5. The van der Waals surface area contributed by atoms with E-state index in [1.54, 1.807) is 48.5 Å². The average molecular weight is 567 g/mol. The van der Waals surface area contributed by atoms with Crippen molar-refractivity contribution < 1.29 is 25.2 Å². The first kappa shape index (κ1) is 43.8. The van der Waals surface area contributed by atoms with Crippen LogP contribution in [0.4, 0.5) is 0 Å². The number of benzene rings is 4. The topological polar surface area (TPSA) is 98.0 Å². The van der Waals surface area contributed by atoms with E-state index < -0.39 is 0 Å². The summed E-state index contributed by atoms with van der Waals surface area (Å²) in [6.45, 7) is 22.1. The van der Waals surface area contributed by atoms with E-state index >= 15 is 0 Å². The van der Waals surface area contributed by atoms with Crippen molar-refractivity contribution in [1.82, 2.24) is 0 Å². The summed E-state index contributed by atoms with van der Waals surface area (Å²) in [5.41, 5.74) is 4.51. The van der Waals surface area contributed by atoms with Gasteiger partial charge in [-0.25, -0.2) is 0 Å². The van der Waals surface area contributed by atoms with E-state index in [4.69, 9.17) is 25.2 Å². The van der Waals surface area contributed by atoms with E-state index in [0.717, 1.165) is 11.1 Å². The lowest BCUT2D eigenvalue weighted by Gasteiger charge is -1.89. The van der Waals surface area contributed by atoms with Crippen LogP contribution in [-0.4, -0.2) is 27.2 Å². The highest BCUT2D eigenvalue weighted by Crippen LogP contribution is 2.10. The molecule has 0 radical (unpaired) electrons. The first-order chi connectivity index (χ1) is 19.6. The van der Waals surface area contributed by atoms with Gasteiger partial charge in [0.15, 0.2) is 0 Å². The van der Waals surface area contributed by atoms with Gasteiger partial charge < -0.3 is 25.2 Å². The monoisotopic (exact) mass is 566 g/mol. The number of carbonyl (C=O) groups is 1. The van der Waals surface area contributed by atoms with Gasteiger partial charge in [0.25, 0.3) is 0 Å². The van der Waals surface area contributed by atoms with Crippen LogP contribution in [0.1, 0.15) is 70.2 Å². The molecule has 228 valence electrons. The Balaban J connectivity index is -0.000000203. The number of phenolic OH excluding ortho intramolecular Hbond substituents is 4. The maximum absolute atomic E-state index is 8.81. The van der Waals surface area contributed by atoms with Crippen molar-refractivity contribution in [1.29, 1.82) is 0 Å². The Labute approximate surface area is 249 Å². The molecule has 4 N–H and O–H groups in total. The molecule has 0 aliphatic heterocycles. The molecule has 0 aliphatic carbocycles.